The van der Waals surface area contributed by atoms with Gasteiger partial charge in [-0.3, -0.25) is 4.79 Å². The molecule has 328 valence electrons. The number of carbonyl (C=O) groups is 1. The normalized spacial score (nSPS) is 23.8. The lowest BCUT2D eigenvalue weighted by molar-refractivity contribution is -0.131. The molecular weight excluding hydrogens is 739 g/mol. The van der Waals surface area contributed by atoms with Crippen molar-refractivity contribution < 1.29 is 23.7 Å². The number of amides is 1. The Balaban J connectivity index is 0.000000179. The van der Waals surface area contributed by atoms with E-state index in [9.17, 15) is 4.79 Å². The van der Waals surface area contributed by atoms with Gasteiger partial charge in [0.25, 0.3) is 0 Å². The highest BCUT2D eigenvalue weighted by atomic mass is 16.5. The summed E-state index contributed by atoms with van der Waals surface area (Å²) >= 11 is 0. The summed E-state index contributed by atoms with van der Waals surface area (Å²) < 4.78 is 23.6. The highest BCUT2D eigenvalue weighted by Gasteiger charge is 2.42. The van der Waals surface area contributed by atoms with Gasteiger partial charge in [-0.1, -0.05) is 30.7 Å². The average molecular weight is 816 g/mol. The Kier molecular flexibility index (Phi) is 16.4. The lowest BCUT2D eigenvalue weighted by atomic mass is 9.73. The number of ether oxygens (including phenoxy) is 4. The number of benzene rings is 2. The largest absolute Gasteiger partial charge is 0.494 e. The molecule has 6 aliphatic rings. The number of carbonyl (C=O) groups excluding carboxylic acids is 1. The topological polar surface area (TPSA) is 79.0 Å². The first-order valence-electron chi connectivity index (χ1n) is 23.6. The molecule has 0 atom stereocenters. The van der Waals surface area contributed by atoms with Gasteiger partial charge in [0, 0.05) is 83.2 Å². The molecule has 5 aliphatic heterocycles. The van der Waals surface area contributed by atoms with E-state index in [1.165, 1.54) is 89.9 Å². The second-order valence-electron chi connectivity index (χ2n) is 18.9. The van der Waals surface area contributed by atoms with E-state index in [-0.39, 0.29) is 17.4 Å². The van der Waals surface area contributed by atoms with E-state index in [1.807, 2.05) is 26.0 Å². The number of piperidine rings is 1. The summed E-state index contributed by atoms with van der Waals surface area (Å²) in [6.45, 7) is 19.8. The summed E-state index contributed by atoms with van der Waals surface area (Å²) in [5.74, 6) is 2.05. The molecule has 6 fully saturated rings. The monoisotopic (exact) mass is 816 g/mol. The quantitative estimate of drug-likeness (QED) is 0.205. The third kappa shape index (κ3) is 12.2. The smallest absolute Gasteiger partial charge is 0.231 e. The Bertz CT molecular complexity index is 1520. The van der Waals surface area contributed by atoms with Crippen molar-refractivity contribution in [1.82, 2.24) is 24.9 Å². The first kappa shape index (κ1) is 44.3. The minimum absolute atomic E-state index is 0.118. The van der Waals surface area contributed by atoms with Crippen molar-refractivity contribution in [3.05, 3.63) is 59.7 Å². The first-order valence-corrected chi connectivity index (χ1v) is 23.6. The van der Waals surface area contributed by atoms with Crippen LogP contribution in [0.3, 0.4) is 0 Å². The fourth-order valence-electron chi connectivity index (χ4n) is 10.3. The predicted molar refractivity (Wildman–Crippen MR) is 237 cm³/mol. The Morgan fingerprint density at radius 3 is 1.98 bits per heavy atom. The van der Waals surface area contributed by atoms with Crippen LogP contribution >= 0.6 is 0 Å². The van der Waals surface area contributed by atoms with Crippen LogP contribution in [-0.4, -0.2) is 149 Å². The maximum atomic E-state index is 13.0. The molecular formula is C49H77N5O5. The number of nitrogens with zero attached hydrogens (tertiary/aromatic N) is 4. The van der Waals surface area contributed by atoms with Crippen molar-refractivity contribution >= 4 is 5.91 Å². The van der Waals surface area contributed by atoms with Crippen molar-refractivity contribution in [2.45, 2.75) is 126 Å². The average Bonchev–Trinajstić information content (AvgIpc) is 3.68. The van der Waals surface area contributed by atoms with Gasteiger partial charge in [0.2, 0.25) is 5.91 Å². The van der Waals surface area contributed by atoms with Crippen molar-refractivity contribution in [2.24, 2.45) is 0 Å². The Morgan fingerprint density at radius 1 is 0.712 bits per heavy atom. The number of likely N-dealkylation sites (N-methyl/N-ethyl adjacent to an activating group) is 1. The zero-order valence-corrected chi connectivity index (χ0v) is 37.0. The van der Waals surface area contributed by atoms with E-state index in [4.69, 9.17) is 18.9 Å². The van der Waals surface area contributed by atoms with E-state index in [1.54, 1.807) is 0 Å². The van der Waals surface area contributed by atoms with Gasteiger partial charge in [-0.2, -0.15) is 0 Å². The number of likely N-dealkylation sites (tertiary alicyclic amines) is 2. The summed E-state index contributed by atoms with van der Waals surface area (Å²) in [7, 11) is 2.25. The molecule has 2 aromatic carbocycles. The van der Waals surface area contributed by atoms with E-state index in [0.717, 1.165) is 108 Å². The summed E-state index contributed by atoms with van der Waals surface area (Å²) in [4.78, 5) is 23.4. The standard InChI is InChI=1S/C25H41N3O2.C24H36N2O3/c1-26-12-4-15-28(18-17-26)22-25(10-20-29-21-11-25)23-6-8-24(9-7-23)30-19-5-16-27-13-2-3-14-27;1-18(2)25-23(27)24(12-16-28-17-13-24)19-6-8-21(9-7-19)29-22-10-14-26(15-11-22)20-4-3-5-20/h6-9H,2-5,10-22H2,1H3;6-9,18,20,22H,3-5,10-17H2,1-2H3,(H,25,27). The van der Waals surface area contributed by atoms with Crippen LogP contribution in [0.1, 0.15) is 108 Å². The lowest BCUT2D eigenvalue weighted by Crippen LogP contribution is -2.49. The van der Waals surface area contributed by atoms with Crippen LogP contribution < -0.4 is 14.8 Å². The molecule has 1 N–H and O–H groups in total. The van der Waals surface area contributed by atoms with Crippen LogP contribution in [0.25, 0.3) is 0 Å². The van der Waals surface area contributed by atoms with E-state index < -0.39 is 5.41 Å². The van der Waals surface area contributed by atoms with Crippen molar-refractivity contribution in [3.63, 3.8) is 0 Å². The maximum Gasteiger partial charge on any atom is 0.231 e. The van der Waals surface area contributed by atoms with Gasteiger partial charge in [-0.25, -0.2) is 0 Å². The molecule has 10 heteroatoms. The molecule has 8 rings (SSSR count). The Hall–Kier alpha value is -2.73. The van der Waals surface area contributed by atoms with Gasteiger partial charge in [-0.15, -0.1) is 0 Å². The molecule has 59 heavy (non-hydrogen) atoms. The predicted octanol–water partition coefficient (Wildman–Crippen LogP) is 6.89. The molecule has 10 nitrogen and oxygen atoms in total. The van der Waals surface area contributed by atoms with E-state index in [2.05, 4.69) is 68.4 Å². The number of nitrogens with one attached hydrogen (secondary N) is 1. The third-order valence-electron chi connectivity index (χ3n) is 14.3. The second-order valence-corrected chi connectivity index (χ2v) is 18.9. The zero-order chi connectivity index (χ0) is 40.9. The molecule has 5 saturated heterocycles. The van der Waals surface area contributed by atoms with Crippen LogP contribution in [0.2, 0.25) is 0 Å². The minimum Gasteiger partial charge on any atom is -0.494 e. The first-order chi connectivity index (χ1) is 28.8. The molecule has 0 bridgehead atoms. The molecule has 1 amide bonds. The fourth-order valence-corrected chi connectivity index (χ4v) is 10.3. The Morgan fingerprint density at radius 2 is 1.34 bits per heavy atom. The number of rotatable bonds is 14. The van der Waals surface area contributed by atoms with Gasteiger partial charge >= 0.3 is 0 Å². The van der Waals surface area contributed by atoms with Crippen LogP contribution in [0.4, 0.5) is 0 Å². The molecule has 0 aromatic heterocycles. The number of hydrogen-bond acceptors (Lipinski definition) is 9. The highest BCUT2D eigenvalue weighted by molar-refractivity contribution is 5.88. The summed E-state index contributed by atoms with van der Waals surface area (Å²) in [6, 6.07) is 18.3. The number of hydrogen-bond donors (Lipinski definition) is 1. The van der Waals surface area contributed by atoms with Crippen LogP contribution in [0.5, 0.6) is 11.5 Å². The van der Waals surface area contributed by atoms with Crippen molar-refractivity contribution in [1.29, 1.82) is 0 Å². The van der Waals surface area contributed by atoms with Gasteiger partial charge in [0.15, 0.2) is 0 Å². The van der Waals surface area contributed by atoms with Crippen LogP contribution in [0, 0.1) is 0 Å². The van der Waals surface area contributed by atoms with E-state index in [0.29, 0.717) is 19.3 Å². The molecule has 0 unspecified atom stereocenters. The zero-order valence-electron chi connectivity index (χ0n) is 37.0. The second kappa shape index (κ2) is 21.9. The van der Waals surface area contributed by atoms with Gasteiger partial charge in [0.05, 0.1) is 12.0 Å². The van der Waals surface area contributed by atoms with Gasteiger partial charge < -0.3 is 43.9 Å². The molecule has 1 saturated carbocycles. The minimum atomic E-state index is -0.491. The molecule has 1 aliphatic carbocycles. The van der Waals surface area contributed by atoms with Crippen molar-refractivity contribution in [2.75, 3.05) is 106 Å². The van der Waals surface area contributed by atoms with Crippen LogP contribution in [-0.2, 0) is 25.1 Å². The molecule has 2 aromatic rings. The van der Waals surface area contributed by atoms with Gasteiger partial charge in [0.1, 0.15) is 17.6 Å². The van der Waals surface area contributed by atoms with Crippen molar-refractivity contribution in [3.8, 4) is 11.5 Å². The van der Waals surface area contributed by atoms with Gasteiger partial charge in [-0.05, 0) is 160 Å². The molecule has 0 radical (unpaired) electrons. The summed E-state index contributed by atoms with van der Waals surface area (Å²) in [6.07, 6.45) is 15.5. The molecule has 0 spiro atoms. The SMILES string of the molecule is CC(C)NC(=O)C1(c2ccc(OC3CCN(C4CCC4)CC3)cc2)CCOCC1.CN1CCCN(CC2(c3ccc(OCCCN4CCCC4)cc3)CCOCC2)CC1. The lowest BCUT2D eigenvalue weighted by Gasteiger charge is -2.41. The molecule has 5 heterocycles. The summed E-state index contributed by atoms with van der Waals surface area (Å²) in [5.41, 5.74) is 2.27. The summed E-state index contributed by atoms with van der Waals surface area (Å²) in [5, 5.41) is 3.12. The highest BCUT2D eigenvalue weighted by Crippen LogP contribution is 2.38. The fraction of sp³-hybridized carbons (Fsp3) is 0.735. The third-order valence-corrected chi connectivity index (χ3v) is 14.3. The van der Waals surface area contributed by atoms with Crippen LogP contribution in [0.15, 0.2) is 48.5 Å². The van der Waals surface area contributed by atoms with E-state index >= 15 is 0 Å². The Labute approximate surface area is 356 Å². The maximum absolute atomic E-state index is 13.0.